The number of halogens is 1. The van der Waals surface area contributed by atoms with E-state index in [0.717, 1.165) is 17.5 Å². The molecular weight excluding hydrogens is 425 g/mol. The Kier molecular flexibility index (Phi) is 5.82. The fraction of sp³-hybridized carbons (Fsp3) is 0.400. The molecule has 11 heteroatoms. The van der Waals surface area contributed by atoms with Gasteiger partial charge in [0.1, 0.15) is 18.1 Å². The van der Waals surface area contributed by atoms with Gasteiger partial charge in [-0.2, -0.15) is 10.1 Å². The van der Waals surface area contributed by atoms with Gasteiger partial charge in [0.15, 0.2) is 11.6 Å². The summed E-state index contributed by atoms with van der Waals surface area (Å²) in [5.41, 5.74) is 3.07. The van der Waals surface area contributed by atoms with Crippen molar-refractivity contribution in [3.63, 3.8) is 0 Å². The number of H-pyrrole nitrogens is 1. The molecule has 166 valence electrons. The van der Waals surface area contributed by atoms with E-state index in [9.17, 15) is 12.8 Å². The van der Waals surface area contributed by atoms with E-state index in [1.54, 1.807) is 23.2 Å². The summed E-state index contributed by atoms with van der Waals surface area (Å²) in [6.07, 6.45) is 2.76. The Morgan fingerprint density at radius 1 is 1.35 bits per heavy atom. The van der Waals surface area contributed by atoms with Crippen molar-refractivity contribution in [2.75, 3.05) is 26.0 Å². The first-order valence-corrected chi connectivity index (χ1v) is 11.7. The number of aryl methyl sites for hydroxylation is 1. The molecule has 0 spiro atoms. The molecule has 0 saturated carbocycles. The van der Waals surface area contributed by atoms with E-state index in [-0.39, 0.29) is 17.8 Å². The Balaban J connectivity index is 1.47. The molecule has 2 aliphatic rings. The number of aromatic amines is 1. The molecule has 3 heterocycles. The van der Waals surface area contributed by atoms with E-state index < -0.39 is 15.8 Å². The average Bonchev–Trinajstić information content (AvgIpc) is 3.23. The maximum absolute atomic E-state index is 14.9. The van der Waals surface area contributed by atoms with Crippen molar-refractivity contribution < 1.29 is 22.3 Å². The fourth-order valence-corrected chi connectivity index (χ4v) is 4.12. The molecule has 31 heavy (non-hydrogen) atoms. The van der Waals surface area contributed by atoms with Crippen molar-refractivity contribution in [1.29, 1.82) is 0 Å². The Labute approximate surface area is 179 Å². The minimum Gasteiger partial charge on any atom is -0.434 e. The number of sulfonamides is 1. The summed E-state index contributed by atoms with van der Waals surface area (Å²) in [5.74, 6) is -0.124. The third kappa shape index (κ3) is 4.63. The molecule has 2 aliphatic heterocycles. The second-order valence-electron chi connectivity index (χ2n) is 7.55. The molecule has 0 saturated heterocycles. The smallest absolute Gasteiger partial charge is 0.246 e. The van der Waals surface area contributed by atoms with Crippen LogP contribution >= 0.6 is 0 Å². The van der Waals surface area contributed by atoms with Crippen LogP contribution in [0.4, 0.5) is 4.39 Å². The van der Waals surface area contributed by atoms with Gasteiger partial charge in [0.25, 0.3) is 0 Å². The lowest BCUT2D eigenvalue weighted by Gasteiger charge is -2.21. The van der Waals surface area contributed by atoms with Gasteiger partial charge in [0.05, 0.1) is 12.8 Å². The van der Waals surface area contributed by atoms with Gasteiger partial charge in [0, 0.05) is 29.7 Å². The van der Waals surface area contributed by atoms with Gasteiger partial charge in [-0.25, -0.2) is 17.5 Å². The zero-order valence-corrected chi connectivity index (χ0v) is 18.3. The van der Waals surface area contributed by atoms with Gasteiger partial charge in [-0.05, 0) is 44.0 Å². The summed E-state index contributed by atoms with van der Waals surface area (Å²) >= 11 is 0. The molecule has 0 radical (unpaired) electrons. The minimum atomic E-state index is -3.21. The molecular formula is C20H24FN5O4S. The van der Waals surface area contributed by atoms with Crippen molar-refractivity contribution in [3.05, 3.63) is 41.0 Å². The summed E-state index contributed by atoms with van der Waals surface area (Å²) in [6, 6.07) is 5.07. The van der Waals surface area contributed by atoms with Crippen LogP contribution in [0.5, 0.6) is 5.75 Å². The van der Waals surface area contributed by atoms with Crippen LogP contribution in [-0.2, 0) is 14.8 Å². The van der Waals surface area contributed by atoms with E-state index >= 15 is 0 Å². The molecule has 2 N–H and O–H groups in total. The third-order valence-corrected chi connectivity index (χ3v) is 5.80. The Bertz CT molecular complexity index is 1200. The maximum Gasteiger partial charge on any atom is 0.246 e. The number of aromatic nitrogens is 1. The van der Waals surface area contributed by atoms with Gasteiger partial charge < -0.3 is 14.5 Å². The number of rotatable bonds is 7. The second-order valence-corrected chi connectivity index (χ2v) is 9.38. The number of benzene rings is 1. The highest BCUT2D eigenvalue weighted by Crippen LogP contribution is 2.32. The van der Waals surface area contributed by atoms with E-state index in [1.807, 2.05) is 13.8 Å². The maximum atomic E-state index is 14.9. The van der Waals surface area contributed by atoms with E-state index in [2.05, 4.69) is 19.8 Å². The highest BCUT2D eigenvalue weighted by Gasteiger charge is 2.35. The van der Waals surface area contributed by atoms with E-state index in [0.29, 0.717) is 42.7 Å². The third-order valence-electron chi connectivity index (χ3n) is 5.07. The second kappa shape index (κ2) is 8.40. The van der Waals surface area contributed by atoms with Crippen LogP contribution in [0.1, 0.15) is 19.0 Å². The normalized spacial score (nSPS) is 18.6. The van der Waals surface area contributed by atoms with Gasteiger partial charge in [-0.1, -0.05) is 0 Å². The molecule has 1 atom stereocenters. The number of aliphatic imine (C=N–C) groups is 1. The van der Waals surface area contributed by atoms with Gasteiger partial charge in [-0.3, -0.25) is 5.01 Å². The summed E-state index contributed by atoms with van der Waals surface area (Å²) in [4.78, 5) is 7.31. The summed E-state index contributed by atoms with van der Waals surface area (Å²) < 4.78 is 51.4. The number of fused-ring (bicyclic) bond motifs is 2. The van der Waals surface area contributed by atoms with Crippen molar-refractivity contribution >= 4 is 33.2 Å². The van der Waals surface area contributed by atoms with Gasteiger partial charge in [-0.15, -0.1) is 0 Å². The summed E-state index contributed by atoms with van der Waals surface area (Å²) in [6.45, 7) is 4.91. The number of nitrogens with zero attached hydrogens (tertiary/aromatic N) is 3. The molecule has 2 aromatic rings. The van der Waals surface area contributed by atoms with Crippen molar-refractivity contribution in [1.82, 2.24) is 14.7 Å². The molecule has 1 unspecified atom stereocenters. The van der Waals surface area contributed by atoms with Crippen LogP contribution in [0.25, 0.3) is 10.9 Å². The minimum absolute atomic E-state index is 0.0806. The van der Waals surface area contributed by atoms with Crippen LogP contribution < -0.4 is 9.46 Å². The largest absolute Gasteiger partial charge is 0.434 e. The first-order valence-electron chi connectivity index (χ1n) is 9.84. The molecule has 0 bridgehead atoms. The van der Waals surface area contributed by atoms with E-state index in [4.69, 9.17) is 9.47 Å². The van der Waals surface area contributed by atoms with Crippen LogP contribution in [0.2, 0.25) is 0 Å². The average molecular weight is 450 g/mol. The Morgan fingerprint density at radius 3 is 2.94 bits per heavy atom. The number of hydrazone groups is 1. The highest BCUT2D eigenvalue weighted by molar-refractivity contribution is 7.88. The predicted octanol–water partition coefficient (Wildman–Crippen LogP) is 2.26. The highest BCUT2D eigenvalue weighted by atomic mass is 32.2. The van der Waals surface area contributed by atoms with Gasteiger partial charge in [0.2, 0.25) is 15.9 Å². The lowest BCUT2D eigenvalue weighted by Crippen LogP contribution is -2.28. The van der Waals surface area contributed by atoms with Gasteiger partial charge >= 0.3 is 0 Å². The first kappa shape index (κ1) is 21.5. The lowest BCUT2D eigenvalue weighted by molar-refractivity contribution is 0.0705. The van der Waals surface area contributed by atoms with Crippen LogP contribution in [0, 0.1) is 12.7 Å². The standard InChI is InChI=1S/C20H24FN5O4S/c1-12-9-14-15(25-12)5-6-16(18(14)21)30-20-19-13(2)17(10-26(19)23-11-22-20)29-8-4-7-24-31(3,27)28/h5-6,9,11,17,24-25H,4,7-8,10H2,1-3H3. The summed E-state index contributed by atoms with van der Waals surface area (Å²) in [7, 11) is -3.21. The lowest BCUT2D eigenvalue weighted by atomic mass is 10.1. The molecule has 0 fully saturated rings. The number of ether oxygens (including phenoxy) is 2. The molecule has 4 rings (SSSR count). The van der Waals surface area contributed by atoms with Crippen LogP contribution in [0.3, 0.4) is 0 Å². The predicted molar refractivity (Wildman–Crippen MR) is 116 cm³/mol. The number of nitrogens with one attached hydrogen (secondary N) is 2. The van der Waals surface area contributed by atoms with Crippen LogP contribution in [-0.4, -0.2) is 62.7 Å². The molecule has 1 aromatic carbocycles. The topological polar surface area (TPSA) is 108 Å². The summed E-state index contributed by atoms with van der Waals surface area (Å²) in [5, 5.41) is 6.42. The zero-order chi connectivity index (χ0) is 22.2. The van der Waals surface area contributed by atoms with Crippen molar-refractivity contribution in [3.8, 4) is 5.75 Å². The molecule has 9 nitrogen and oxygen atoms in total. The van der Waals surface area contributed by atoms with Crippen LogP contribution in [0.15, 0.2) is 39.6 Å². The monoisotopic (exact) mass is 449 g/mol. The Morgan fingerprint density at radius 2 is 2.16 bits per heavy atom. The van der Waals surface area contributed by atoms with Crippen molar-refractivity contribution in [2.45, 2.75) is 26.4 Å². The zero-order valence-electron chi connectivity index (χ0n) is 17.5. The molecule has 0 amide bonds. The molecule has 1 aromatic heterocycles. The van der Waals surface area contributed by atoms with E-state index in [1.165, 1.54) is 6.34 Å². The fourth-order valence-electron chi connectivity index (χ4n) is 3.61. The number of hydrogen-bond acceptors (Lipinski definition) is 7. The Hall–Kier alpha value is -2.76. The SMILES string of the molecule is CC1=C2C(Oc3ccc4[nH]c(C)cc4c3F)=NC=NN2CC1OCCCNS(C)(=O)=O. The quantitative estimate of drug-likeness (QED) is 0.631. The molecule has 0 aliphatic carbocycles. The van der Waals surface area contributed by atoms with Crippen molar-refractivity contribution in [2.24, 2.45) is 10.1 Å². The first-order chi connectivity index (χ1) is 14.7. The number of hydrogen-bond donors (Lipinski definition) is 2.